The van der Waals surface area contributed by atoms with Gasteiger partial charge in [0.05, 0.1) is 11.4 Å². The molecule has 1 amide bonds. The lowest BCUT2D eigenvalue weighted by Gasteiger charge is -2.02. The Kier molecular flexibility index (Phi) is 6.42. The first-order valence-electron chi connectivity index (χ1n) is 8.45. The van der Waals surface area contributed by atoms with Gasteiger partial charge >= 0.3 is 0 Å². The Labute approximate surface area is 172 Å². The highest BCUT2D eigenvalue weighted by Gasteiger charge is 2.10. The van der Waals surface area contributed by atoms with Gasteiger partial charge in [-0.3, -0.25) is 4.79 Å². The van der Waals surface area contributed by atoms with Crippen molar-refractivity contribution in [3.8, 4) is 11.4 Å². The van der Waals surface area contributed by atoms with E-state index in [4.69, 9.17) is 16.1 Å². The van der Waals surface area contributed by atoms with Crippen molar-refractivity contribution in [1.29, 1.82) is 0 Å². The van der Waals surface area contributed by atoms with Gasteiger partial charge in [-0.2, -0.15) is 4.98 Å². The van der Waals surface area contributed by atoms with Gasteiger partial charge < -0.3 is 9.84 Å². The summed E-state index contributed by atoms with van der Waals surface area (Å²) in [5.41, 5.74) is 1.43. The summed E-state index contributed by atoms with van der Waals surface area (Å²) in [5.74, 6) is 0.305. The van der Waals surface area contributed by atoms with Crippen LogP contribution < -0.4 is 10.0 Å². The van der Waals surface area contributed by atoms with Crippen molar-refractivity contribution in [2.45, 2.75) is 11.4 Å². The molecule has 0 unspecified atom stereocenters. The van der Waals surface area contributed by atoms with Gasteiger partial charge in [0.1, 0.15) is 0 Å². The molecule has 10 heteroatoms. The number of aromatic nitrogens is 2. The molecule has 8 nitrogen and oxygen atoms in total. The summed E-state index contributed by atoms with van der Waals surface area (Å²) >= 11 is 5.85. The minimum atomic E-state index is -3.49. The van der Waals surface area contributed by atoms with Crippen molar-refractivity contribution in [1.82, 2.24) is 20.2 Å². The molecular formula is C19H17ClN4O4S. The molecule has 1 aromatic heterocycles. The lowest BCUT2D eigenvalue weighted by atomic mass is 10.2. The van der Waals surface area contributed by atoms with Crippen molar-refractivity contribution in [2.24, 2.45) is 0 Å². The van der Waals surface area contributed by atoms with Gasteiger partial charge in [0.25, 0.3) is 0 Å². The lowest BCUT2D eigenvalue weighted by molar-refractivity contribution is -0.116. The predicted octanol–water partition coefficient (Wildman–Crippen LogP) is 2.63. The third-order valence-corrected chi connectivity index (χ3v) is 5.55. The summed E-state index contributed by atoms with van der Waals surface area (Å²) in [4.78, 5) is 16.3. The summed E-state index contributed by atoms with van der Waals surface area (Å²) in [6.07, 6.45) is 2.90. The number of rotatable bonds is 7. The maximum Gasteiger partial charge on any atom is 0.246 e. The molecule has 2 aromatic carbocycles. The Morgan fingerprint density at radius 2 is 1.83 bits per heavy atom. The van der Waals surface area contributed by atoms with Crippen LogP contribution in [0.5, 0.6) is 0 Å². The number of hydrogen-bond donors (Lipinski definition) is 2. The summed E-state index contributed by atoms with van der Waals surface area (Å²) in [5, 5.41) is 7.12. The summed E-state index contributed by atoms with van der Waals surface area (Å²) in [6.45, 7) is 0.0725. The quantitative estimate of drug-likeness (QED) is 0.555. The third kappa shape index (κ3) is 5.50. The number of nitrogens with one attached hydrogen (secondary N) is 2. The van der Waals surface area contributed by atoms with Crippen LogP contribution in [0.2, 0.25) is 5.02 Å². The Bertz CT molecular complexity index is 1120. The van der Waals surface area contributed by atoms with Gasteiger partial charge in [0.2, 0.25) is 27.6 Å². The Morgan fingerprint density at radius 3 is 2.48 bits per heavy atom. The summed E-state index contributed by atoms with van der Waals surface area (Å²) < 4.78 is 30.7. The van der Waals surface area contributed by atoms with E-state index in [2.05, 4.69) is 20.2 Å². The van der Waals surface area contributed by atoms with Crippen molar-refractivity contribution in [2.75, 3.05) is 7.05 Å². The van der Waals surface area contributed by atoms with E-state index in [0.29, 0.717) is 16.4 Å². The van der Waals surface area contributed by atoms with Crippen molar-refractivity contribution >= 4 is 33.6 Å². The van der Waals surface area contributed by atoms with Gasteiger partial charge in [-0.05, 0) is 55.1 Å². The second kappa shape index (κ2) is 8.99. The van der Waals surface area contributed by atoms with Crippen LogP contribution in [0.4, 0.5) is 0 Å². The Balaban J connectivity index is 1.55. The lowest BCUT2D eigenvalue weighted by Crippen LogP contribution is -2.20. The number of benzene rings is 2. The van der Waals surface area contributed by atoms with Gasteiger partial charge in [-0.25, -0.2) is 13.1 Å². The average molecular weight is 433 g/mol. The highest BCUT2D eigenvalue weighted by Crippen LogP contribution is 2.18. The fourth-order valence-electron chi connectivity index (χ4n) is 2.31. The number of sulfonamides is 1. The van der Waals surface area contributed by atoms with E-state index in [9.17, 15) is 13.2 Å². The van der Waals surface area contributed by atoms with Gasteiger partial charge in [0, 0.05) is 16.7 Å². The monoisotopic (exact) mass is 432 g/mol. The van der Waals surface area contributed by atoms with Crippen molar-refractivity contribution in [3.05, 3.63) is 71.1 Å². The molecule has 3 aromatic rings. The molecule has 0 radical (unpaired) electrons. The van der Waals surface area contributed by atoms with E-state index in [-0.39, 0.29) is 23.2 Å². The predicted molar refractivity (Wildman–Crippen MR) is 108 cm³/mol. The molecule has 0 bridgehead atoms. The second-order valence-corrected chi connectivity index (χ2v) is 8.17. The maximum absolute atomic E-state index is 12.0. The van der Waals surface area contributed by atoms with E-state index in [0.717, 1.165) is 5.56 Å². The molecule has 3 rings (SSSR count). The molecular weight excluding hydrogens is 416 g/mol. The summed E-state index contributed by atoms with van der Waals surface area (Å²) in [6, 6.07) is 13.1. The maximum atomic E-state index is 12.0. The van der Waals surface area contributed by atoms with Crippen molar-refractivity contribution in [3.63, 3.8) is 0 Å². The highest BCUT2D eigenvalue weighted by atomic mass is 35.5. The molecule has 0 spiro atoms. The van der Waals surface area contributed by atoms with Crippen LogP contribution >= 0.6 is 11.6 Å². The highest BCUT2D eigenvalue weighted by molar-refractivity contribution is 7.89. The Morgan fingerprint density at radius 1 is 1.14 bits per heavy atom. The minimum absolute atomic E-state index is 0.0725. The first-order chi connectivity index (χ1) is 13.9. The van der Waals surface area contributed by atoms with Crippen LogP contribution in [0.3, 0.4) is 0 Å². The largest absolute Gasteiger partial charge is 0.343 e. The molecule has 2 N–H and O–H groups in total. The summed E-state index contributed by atoms with van der Waals surface area (Å²) in [7, 11) is -2.15. The van der Waals surface area contributed by atoms with Crippen LogP contribution in [-0.4, -0.2) is 31.5 Å². The molecule has 0 saturated carbocycles. The number of carbonyl (C=O) groups is 1. The third-order valence-electron chi connectivity index (χ3n) is 3.87. The van der Waals surface area contributed by atoms with Crippen LogP contribution in [0, 0.1) is 0 Å². The first kappa shape index (κ1) is 20.7. The van der Waals surface area contributed by atoms with Crippen LogP contribution in [0.25, 0.3) is 17.5 Å². The fourth-order valence-corrected chi connectivity index (χ4v) is 3.17. The molecule has 0 aliphatic heterocycles. The fraction of sp³-hybridized carbons (Fsp3) is 0.105. The molecule has 1 heterocycles. The zero-order valence-electron chi connectivity index (χ0n) is 15.3. The number of amides is 1. The van der Waals surface area contributed by atoms with Crippen molar-refractivity contribution < 1.29 is 17.7 Å². The van der Waals surface area contributed by atoms with Crippen LogP contribution in [0.1, 0.15) is 11.5 Å². The minimum Gasteiger partial charge on any atom is -0.343 e. The van der Waals surface area contributed by atoms with Gasteiger partial charge in [-0.1, -0.05) is 28.9 Å². The number of hydrogen-bond acceptors (Lipinski definition) is 6. The second-order valence-electron chi connectivity index (χ2n) is 5.85. The zero-order valence-corrected chi connectivity index (χ0v) is 16.9. The normalized spacial score (nSPS) is 11.7. The van der Waals surface area contributed by atoms with E-state index in [1.807, 2.05) is 0 Å². The Hall–Kier alpha value is -3.01. The number of carbonyl (C=O) groups excluding carboxylic acids is 1. The molecule has 150 valence electrons. The molecule has 0 saturated heterocycles. The molecule has 29 heavy (non-hydrogen) atoms. The molecule has 0 aliphatic carbocycles. The topological polar surface area (TPSA) is 114 Å². The van der Waals surface area contributed by atoms with Crippen LogP contribution in [0.15, 0.2) is 64.0 Å². The van der Waals surface area contributed by atoms with E-state index < -0.39 is 10.0 Å². The zero-order chi connectivity index (χ0) is 20.9. The number of halogens is 1. The van der Waals surface area contributed by atoms with E-state index in [1.165, 1.54) is 25.3 Å². The molecule has 0 fully saturated rings. The van der Waals surface area contributed by atoms with E-state index >= 15 is 0 Å². The smallest absolute Gasteiger partial charge is 0.246 e. The molecule has 0 aliphatic rings. The SMILES string of the molecule is CNS(=O)(=O)c1ccc(/C=C/C(=O)NCc2nc(-c3ccc(Cl)cc3)no2)cc1. The van der Waals surface area contributed by atoms with Gasteiger partial charge in [0.15, 0.2) is 0 Å². The van der Waals surface area contributed by atoms with Crippen LogP contribution in [-0.2, 0) is 21.4 Å². The van der Waals surface area contributed by atoms with Gasteiger partial charge in [-0.15, -0.1) is 0 Å². The average Bonchev–Trinajstić information content (AvgIpc) is 3.20. The molecule has 0 atom stereocenters. The van der Waals surface area contributed by atoms with E-state index in [1.54, 1.807) is 42.5 Å². The first-order valence-corrected chi connectivity index (χ1v) is 10.3. The standard InChI is InChI=1S/C19H17ClN4O4S/c1-21-29(26,27)16-9-2-13(3-10-16)4-11-17(25)22-12-18-23-19(24-28-18)14-5-7-15(20)8-6-14/h2-11,21H,12H2,1H3,(H,22,25)/b11-4+. The number of nitrogens with zero attached hydrogens (tertiary/aromatic N) is 2.